The quantitative estimate of drug-likeness (QED) is 0.671. The Morgan fingerprint density at radius 1 is 1.46 bits per heavy atom. The third-order valence-electron chi connectivity index (χ3n) is 1.25. The maximum absolute atomic E-state index is 12.8. The molecule has 0 aromatic rings. The van der Waals surface area contributed by atoms with Crippen LogP contribution < -0.4 is 5.32 Å². The van der Waals surface area contributed by atoms with E-state index >= 15 is 0 Å². The summed E-state index contributed by atoms with van der Waals surface area (Å²) in [6.07, 6.45) is -1.57. The normalized spacial score (nSPS) is 15.8. The van der Waals surface area contributed by atoms with Crippen LogP contribution in [0.4, 0.5) is 4.39 Å². The van der Waals surface area contributed by atoms with Gasteiger partial charge in [-0.3, -0.25) is 4.55 Å². The summed E-state index contributed by atoms with van der Waals surface area (Å²) in [6.45, 7) is 5.44. The van der Waals surface area contributed by atoms with Crippen LogP contribution in [0.15, 0.2) is 0 Å². The van der Waals surface area contributed by atoms with Crippen molar-refractivity contribution in [3.63, 3.8) is 0 Å². The molecule has 0 saturated heterocycles. The van der Waals surface area contributed by atoms with Gasteiger partial charge in [0.05, 0.1) is 0 Å². The van der Waals surface area contributed by atoms with Gasteiger partial charge in [-0.25, -0.2) is 4.39 Å². The SMILES string of the molecule is CC(C)(C)NCC(F)CS(=O)(=O)O. The van der Waals surface area contributed by atoms with E-state index in [2.05, 4.69) is 5.32 Å². The Morgan fingerprint density at radius 2 is 1.92 bits per heavy atom. The highest BCUT2D eigenvalue weighted by Crippen LogP contribution is 2.01. The summed E-state index contributed by atoms with van der Waals surface area (Å²) in [5.74, 6) is -0.851. The van der Waals surface area contributed by atoms with Crippen molar-refractivity contribution in [1.82, 2.24) is 5.32 Å². The minimum absolute atomic E-state index is 0.0801. The third kappa shape index (κ3) is 9.72. The Labute approximate surface area is 78.3 Å². The van der Waals surface area contributed by atoms with Gasteiger partial charge < -0.3 is 5.32 Å². The summed E-state index contributed by atoms with van der Waals surface area (Å²) in [4.78, 5) is 0. The molecule has 1 unspecified atom stereocenters. The van der Waals surface area contributed by atoms with E-state index in [4.69, 9.17) is 4.55 Å². The van der Waals surface area contributed by atoms with E-state index in [0.717, 1.165) is 0 Å². The Hall–Kier alpha value is -0.200. The predicted molar refractivity (Wildman–Crippen MR) is 49.1 cm³/mol. The van der Waals surface area contributed by atoms with Gasteiger partial charge in [0.25, 0.3) is 10.1 Å². The van der Waals surface area contributed by atoms with Crippen LogP contribution in [0.1, 0.15) is 20.8 Å². The monoisotopic (exact) mass is 213 g/mol. The maximum Gasteiger partial charge on any atom is 0.267 e. The van der Waals surface area contributed by atoms with E-state index in [0.29, 0.717) is 0 Å². The molecule has 0 spiro atoms. The fraction of sp³-hybridized carbons (Fsp3) is 1.00. The van der Waals surface area contributed by atoms with Gasteiger partial charge in [0.15, 0.2) is 0 Å². The van der Waals surface area contributed by atoms with Crippen molar-refractivity contribution >= 4 is 10.1 Å². The largest absolute Gasteiger partial charge is 0.309 e. The Bertz CT molecular complexity index is 245. The minimum atomic E-state index is -4.21. The molecule has 0 radical (unpaired) electrons. The van der Waals surface area contributed by atoms with Crippen LogP contribution in [-0.2, 0) is 10.1 Å². The lowest BCUT2D eigenvalue weighted by Gasteiger charge is -2.21. The lowest BCUT2D eigenvalue weighted by molar-refractivity contribution is 0.301. The zero-order valence-corrected chi connectivity index (χ0v) is 8.86. The van der Waals surface area contributed by atoms with Crippen LogP contribution in [-0.4, -0.2) is 37.0 Å². The van der Waals surface area contributed by atoms with Gasteiger partial charge >= 0.3 is 0 Å². The van der Waals surface area contributed by atoms with Crippen LogP contribution in [0.25, 0.3) is 0 Å². The van der Waals surface area contributed by atoms with Crippen molar-refractivity contribution in [1.29, 1.82) is 0 Å². The molecule has 2 N–H and O–H groups in total. The van der Waals surface area contributed by atoms with Crippen molar-refractivity contribution in [2.75, 3.05) is 12.3 Å². The summed E-state index contributed by atoms with van der Waals surface area (Å²) < 4.78 is 41.7. The predicted octanol–water partition coefficient (Wildman–Crippen LogP) is 0.600. The highest BCUT2D eigenvalue weighted by molar-refractivity contribution is 7.85. The van der Waals surface area contributed by atoms with Gasteiger partial charge in [-0.1, -0.05) is 0 Å². The standard InChI is InChI=1S/C7H16FNO3S/c1-7(2,3)9-4-6(8)5-13(10,11)12/h6,9H,4-5H2,1-3H3,(H,10,11,12). The minimum Gasteiger partial charge on any atom is -0.309 e. The first-order valence-corrected chi connectivity index (χ1v) is 5.55. The molecule has 6 heteroatoms. The summed E-state index contributed by atoms with van der Waals surface area (Å²) >= 11 is 0. The van der Waals surface area contributed by atoms with E-state index < -0.39 is 22.0 Å². The molecule has 0 aromatic carbocycles. The first-order valence-electron chi connectivity index (χ1n) is 3.94. The second-order valence-electron chi connectivity index (χ2n) is 3.98. The molecule has 13 heavy (non-hydrogen) atoms. The number of rotatable bonds is 4. The smallest absolute Gasteiger partial charge is 0.267 e. The Morgan fingerprint density at radius 3 is 2.23 bits per heavy atom. The molecule has 0 rings (SSSR count). The number of hydrogen-bond acceptors (Lipinski definition) is 3. The van der Waals surface area contributed by atoms with Gasteiger partial charge in [-0.2, -0.15) is 8.42 Å². The van der Waals surface area contributed by atoms with Crippen LogP contribution in [0, 0.1) is 0 Å². The lowest BCUT2D eigenvalue weighted by atomic mass is 10.1. The van der Waals surface area contributed by atoms with Crippen LogP contribution in [0.2, 0.25) is 0 Å². The van der Waals surface area contributed by atoms with Gasteiger partial charge in [0.2, 0.25) is 0 Å². The number of alkyl halides is 1. The van der Waals surface area contributed by atoms with Crippen LogP contribution in [0.5, 0.6) is 0 Å². The number of nitrogens with one attached hydrogen (secondary N) is 1. The van der Waals surface area contributed by atoms with E-state index in [9.17, 15) is 12.8 Å². The van der Waals surface area contributed by atoms with Crippen LogP contribution >= 0.6 is 0 Å². The van der Waals surface area contributed by atoms with E-state index in [1.165, 1.54) is 0 Å². The van der Waals surface area contributed by atoms with E-state index in [-0.39, 0.29) is 12.1 Å². The van der Waals surface area contributed by atoms with E-state index in [1.54, 1.807) is 0 Å². The Kier molecular flexibility index (Phi) is 4.28. The molecule has 0 aliphatic heterocycles. The van der Waals surface area contributed by atoms with Crippen molar-refractivity contribution in [2.24, 2.45) is 0 Å². The molecule has 0 saturated carbocycles. The van der Waals surface area contributed by atoms with Gasteiger partial charge in [-0.05, 0) is 20.8 Å². The fourth-order valence-electron chi connectivity index (χ4n) is 0.704. The fourth-order valence-corrected chi connectivity index (χ4v) is 1.28. The first kappa shape index (κ1) is 12.8. The molecule has 0 heterocycles. The molecule has 1 atom stereocenters. The van der Waals surface area contributed by atoms with Crippen molar-refractivity contribution in [3.05, 3.63) is 0 Å². The molecule has 0 aliphatic carbocycles. The molecule has 0 aliphatic rings. The second-order valence-corrected chi connectivity index (χ2v) is 5.47. The van der Waals surface area contributed by atoms with Crippen molar-refractivity contribution in [2.45, 2.75) is 32.5 Å². The topological polar surface area (TPSA) is 66.4 Å². The zero-order chi connectivity index (χ0) is 10.7. The molecule has 0 fully saturated rings. The number of hydrogen-bond donors (Lipinski definition) is 2. The number of halogens is 1. The molecule has 0 aromatic heterocycles. The second kappa shape index (κ2) is 4.34. The summed E-state index contributed by atoms with van der Waals surface area (Å²) in [5.41, 5.74) is -0.260. The van der Waals surface area contributed by atoms with Crippen molar-refractivity contribution in [3.8, 4) is 0 Å². The average Bonchev–Trinajstić information content (AvgIpc) is 1.78. The van der Waals surface area contributed by atoms with Crippen LogP contribution in [0.3, 0.4) is 0 Å². The third-order valence-corrected chi connectivity index (χ3v) is 2.03. The van der Waals surface area contributed by atoms with E-state index in [1.807, 2.05) is 20.8 Å². The molecule has 0 bridgehead atoms. The Balaban J connectivity index is 3.84. The highest BCUT2D eigenvalue weighted by atomic mass is 32.2. The summed E-state index contributed by atoms with van der Waals surface area (Å²) in [6, 6.07) is 0. The molecular formula is C7H16FNO3S. The first-order chi connectivity index (χ1) is 5.60. The highest BCUT2D eigenvalue weighted by Gasteiger charge is 2.18. The molecule has 80 valence electrons. The summed E-state index contributed by atoms with van der Waals surface area (Å²) in [7, 11) is -4.21. The van der Waals surface area contributed by atoms with Gasteiger partial charge in [0.1, 0.15) is 11.9 Å². The lowest BCUT2D eigenvalue weighted by Crippen LogP contribution is -2.41. The van der Waals surface area contributed by atoms with Crippen molar-refractivity contribution < 1.29 is 17.4 Å². The molecule has 4 nitrogen and oxygen atoms in total. The maximum atomic E-state index is 12.8. The van der Waals surface area contributed by atoms with Gasteiger partial charge in [-0.15, -0.1) is 0 Å². The van der Waals surface area contributed by atoms with Gasteiger partial charge in [0, 0.05) is 12.1 Å². The molecular weight excluding hydrogens is 197 g/mol. The molecule has 0 amide bonds. The summed E-state index contributed by atoms with van der Waals surface area (Å²) in [5, 5.41) is 2.79. The average molecular weight is 213 g/mol. The zero-order valence-electron chi connectivity index (χ0n) is 8.04.